The number of anilines is 1. The van der Waals surface area contributed by atoms with E-state index in [4.69, 9.17) is 11.6 Å². The predicted molar refractivity (Wildman–Crippen MR) is 94.9 cm³/mol. The van der Waals surface area contributed by atoms with Crippen molar-refractivity contribution in [1.29, 1.82) is 0 Å². The van der Waals surface area contributed by atoms with Crippen molar-refractivity contribution in [2.75, 3.05) is 11.4 Å². The molecule has 2 amide bonds. The van der Waals surface area contributed by atoms with Crippen LogP contribution in [0.4, 0.5) is 5.69 Å². The van der Waals surface area contributed by atoms with Crippen molar-refractivity contribution in [1.82, 2.24) is 5.32 Å². The molecule has 0 aromatic heterocycles. The third-order valence-electron chi connectivity index (χ3n) is 4.34. The number of carbonyl (C=O) groups excluding carboxylic acids is 2. The van der Waals surface area contributed by atoms with Gasteiger partial charge in [-0.3, -0.25) is 9.59 Å². The first kappa shape index (κ1) is 16.5. The molecule has 124 valence electrons. The molecule has 5 heteroatoms. The normalized spacial score (nSPS) is 17.2. The minimum atomic E-state index is -0.334. The van der Waals surface area contributed by atoms with Crippen LogP contribution in [0.1, 0.15) is 17.5 Å². The van der Waals surface area contributed by atoms with E-state index in [0.29, 0.717) is 18.1 Å². The molecule has 0 aliphatic carbocycles. The molecule has 1 atom stereocenters. The Morgan fingerprint density at radius 2 is 1.96 bits per heavy atom. The summed E-state index contributed by atoms with van der Waals surface area (Å²) < 4.78 is 0. The maximum atomic E-state index is 12.4. The van der Waals surface area contributed by atoms with Crippen LogP contribution in [-0.2, 0) is 16.1 Å². The van der Waals surface area contributed by atoms with Crippen LogP contribution >= 0.6 is 11.6 Å². The molecule has 2 aromatic carbocycles. The maximum Gasteiger partial charge on any atom is 0.227 e. The largest absolute Gasteiger partial charge is 0.352 e. The van der Waals surface area contributed by atoms with E-state index in [1.54, 1.807) is 11.0 Å². The highest BCUT2D eigenvalue weighted by Crippen LogP contribution is 2.31. The monoisotopic (exact) mass is 342 g/mol. The Labute approximate surface area is 146 Å². The fraction of sp³-hybridized carbons (Fsp3) is 0.263. The van der Waals surface area contributed by atoms with Gasteiger partial charge in [-0.15, -0.1) is 0 Å². The summed E-state index contributed by atoms with van der Waals surface area (Å²) in [5, 5.41) is 3.54. The molecule has 2 aromatic rings. The van der Waals surface area contributed by atoms with Gasteiger partial charge in [0, 0.05) is 30.2 Å². The highest BCUT2D eigenvalue weighted by molar-refractivity contribution is 6.31. The Bertz CT molecular complexity index is 761. The minimum Gasteiger partial charge on any atom is -0.352 e. The summed E-state index contributed by atoms with van der Waals surface area (Å²) in [6.07, 6.45) is 0.229. The molecule has 1 N–H and O–H groups in total. The smallest absolute Gasteiger partial charge is 0.227 e. The molecule has 4 nitrogen and oxygen atoms in total. The molecule has 0 bridgehead atoms. The summed E-state index contributed by atoms with van der Waals surface area (Å²) in [4.78, 5) is 26.4. The number of amides is 2. The van der Waals surface area contributed by atoms with Gasteiger partial charge in [0.05, 0.1) is 5.92 Å². The number of rotatable bonds is 4. The van der Waals surface area contributed by atoms with E-state index in [-0.39, 0.29) is 24.2 Å². The second kappa shape index (κ2) is 7.05. The molecular formula is C19H19ClN2O2. The molecule has 1 unspecified atom stereocenters. The van der Waals surface area contributed by atoms with E-state index in [0.717, 1.165) is 16.8 Å². The van der Waals surface area contributed by atoms with E-state index in [1.165, 1.54) is 0 Å². The fourth-order valence-corrected chi connectivity index (χ4v) is 3.10. The lowest BCUT2D eigenvalue weighted by atomic mass is 10.1. The third-order valence-corrected chi connectivity index (χ3v) is 4.74. The molecule has 0 saturated carbocycles. The van der Waals surface area contributed by atoms with Crippen LogP contribution in [-0.4, -0.2) is 18.4 Å². The van der Waals surface area contributed by atoms with Gasteiger partial charge in [0.2, 0.25) is 11.8 Å². The van der Waals surface area contributed by atoms with Gasteiger partial charge in [-0.25, -0.2) is 0 Å². The summed E-state index contributed by atoms with van der Waals surface area (Å²) in [7, 11) is 0. The minimum absolute atomic E-state index is 0.0415. The second-order valence-electron chi connectivity index (χ2n) is 5.99. The van der Waals surface area contributed by atoms with Crippen LogP contribution in [0.2, 0.25) is 5.02 Å². The first-order valence-electron chi connectivity index (χ1n) is 7.93. The Morgan fingerprint density at radius 1 is 1.21 bits per heavy atom. The molecule has 1 saturated heterocycles. The van der Waals surface area contributed by atoms with Gasteiger partial charge in [0.25, 0.3) is 0 Å². The van der Waals surface area contributed by atoms with Crippen molar-refractivity contribution >= 4 is 29.1 Å². The van der Waals surface area contributed by atoms with Gasteiger partial charge < -0.3 is 10.2 Å². The molecule has 1 aliphatic heterocycles. The fourth-order valence-electron chi connectivity index (χ4n) is 2.93. The lowest BCUT2D eigenvalue weighted by molar-refractivity contribution is -0.126. The summed E-state index contributed by atoms with van der Waals surface area (Å²) in [5.41, 5.74) is 2.68. The van der Waals surface area contributed by atoms with Crippen LogP contribution in [0.3, 0.4) is 0 Å². The highest BCUT2D eigenvalue weighted by atomic mass is 35.5. The summed E-state index contributed by atoms with van der Waals surface area (Å²) in [6.45, 7) is 2.74. The van der Waals surface area contributed by atoms with Crippen LogP contribution in [0.5, 0.6) is 0 Å². The molecule has 1 fully saturated rings. The first-order chi connectivity index (χ1) is 11.6. The molecule has 1 heterocycles. The average molecular weight is 343 g/mol. The lowest BCUT2D eigenvalue weighted by Gasteiger charge is -2.19. The number of carbonyl (C=O) groups is 2. The van der Waals surface area contributed by atoms with Crippen molar-refractivity contribution in [3.8, 4) is 0 Å². The molecule has 1 aliphatic rings. The second-order valence-corrected chi connectivity index (χ2v) is 6.40. The maximum absolute atomic E-state index is 12.4. The molecular weight excluding hydrogens is 324 g/mol. The molecule has 3 rings (SSSR count). The number of hydrogen-bond acceptors (Lipinski definition) is 2. The van der Waals surface area contributed by atoms with Gasteiger partial charge in [0.1, 0.15) is 0 Å². The van der Waals surface area contributed by atoms with E-state index in [9.17, 15) is 9.59 Å². The van der Waals surface area contributed by atoms with Crippen LogP contribution in [0.25, 0.3) is 0 Å². The Hall–Kier alpha value is -2.33. The van der Waals surface area contributed by atoms with E-state index < -0.39 is 0 Å². The van der Waals surface area contributed by atoms with E-state index in [1.807, 2.05) is 49.4 Å². The SMILES string of the molecule is Cc1c(Cl)cccc1N1CC(C(=O)NCc2ccccc2)CC1=O. The Morgan fingerprint density at radius 3 is 2.71 bits per heavy atom. The zero-order valence-electron chi connectivity index (χ0n) is 13.5. The lowest BCUT2D eigenvalue weighted by Crippen LogP contribution is -2.32. The molecule has 24 heavy (non-hydrogen) atoms. The number of nitrogens with one attached hydrogen (secondary N) is 1. The molecule has 0 radical (unpaired) electrons. The van der Waals surface area contributed by atoms with Crippen LogP contribution in [0.15, 0.2) is 48.5 Å². The van der Waals surface area contributed by atoms with Crippen molar-refractivity contribution in [3.63, 3.8) is 0 Å². The molecule has 0 spiro atoms. The Kier molecular flexibility index (Phi) is 4.86. The summed E-state index contributed by atoms with van der Waals surface area (Å²) in [5.74, 6) is -0.464. The van der Waals surface area contributed by atoms with Crippen LogP contribution < -0.4 is 10.2 Å². The van der Waals surface area contributed by atoms with Gasteiger partial charge in [-0.2, -0.15) is 0 Å². The summed E-state index contributed by atoms with van der Waals surface area (Å²) in [6, 6.07) is 15.2. The van der Waals surface area contributed by atoms with Crippen molar-refractivity contribution in [2.45, 2.75) is 19.9 Å². The third kappa shape index (κ3) is 3.44. The number of halogens is 1. The first-order valence-corrected chi connectivity index (χ1v) is 8.31. The van der Waals surface area contributed by atoms with Gasteiger partial charge >= 0.3 is 0 Å². The number of benzene rings is 2. The van der Waals surface area contributed by atoms with Gasteiger partial charge in [0.15, 0.2) is 0 Å². The van der Waals surface area contributed by atoms with Gasteiger partial charge in [-0.1, -0.05) is 48.0 Å². The zero-order chi connectivity index (χ0) is 17.1. The van der Waals surface area contributed by atoms with Gasteiger partial charge in [-0.05, 0) is 30.2 Å². The quantitative estimate of drug-likeness (QED) is 0.926. The van der Waals surface area contributed by atoms with Crippen LogP contribution in [0, 0.1) is 12.8 Å². The topological polar surface area (TPSA) is 49.4 Å². The predicted octanol–water partition coefficient (Wildman–Crippen LogP) is 3.32. The van der Waals surface area contributed by atoms with E-state index >= 15 is 0 Å². The number of nitrogens with zero attached hydrogens (tertiary/aromatic N) is 1. The highest BCUT2D eigenvalue weighted by Gasteiger charge is 2.35. The zero-order valence-corrected chi connectivity index (χ0v) is 14.2. The van der Waals surface area contributed by atoms with E-state index in [2.05, 4.69) is 5.32 Å². The van der Waals surface area contributed by atoms with Crippen molar-refractivity contribution in [3.05, 3.63) is 64.7 Å². The standard InChI is InChI=1S/C19H19ClN2O2/c1-13-16(20)8-5-9-17(13)22-12-15(10-18(22)23)19(24)21-11-14-6-3-2-4-7-14/h2-9,15H,10-12H2,1H3,(H,21,24). The van der Waals surface area contributed by atoms with Crippen molar-refractivity contribution < 1.29 is 9.59 Å². The summed E-state index contributed by atoms with van der Waals surface area (Å²) >= 11 is 6.14. The number of hydrogen-bond donors (Lipinski definition) is 1. The Balaban J connectivity index is 1.66. The van der Waals surface area contributed by atoms with Crippen molar-refractivity contribution in [2.24, 2.45) is 5.92 Å². The average Bonchev–Trinajstić information content (AvgIpc) is 2.98.